The number of likely N-dealkylation sites (N-methyl/N-ethyl adjacent to an activating group) is 1. The molecule has 4 heterocycles. The average molecular weight is 421 g/mol. The number of methoxy groups -OCH3 is 1. The molecule has 0 unspecified atom stereocenters. The summed E-state index contributed by atoms with van der Waals surface area (Å²) in [7, 11) is 3.62. The summed E-state index contributed by atoms with van der Waals surface area (Å²) in [6.45, 7) is 1.06. The van der Waals surface area contributed by atoms with Gasteiger partial charge in [-0.3, -0.25) is 0 Å². The highest BCUT2D eigenvalue weighted by Gasteiger charge is 2.28. The summed E-state index contributed by atoms with van der Waals surface area (Å²) in [5.41, 5.74) is 3.63. The van der Waals surface area contributed by atoms with Crippen molar-refractivity contribution in [1.29, 1.82) is 0 Å². The molecule has 0 spiro atoms. The fourth-order valence-corrected chi connectivity index (χ4v) is 4.35. The lowest BCUT2D eigenvalue weighted by Gasteiger charge is -2.22. The fraction of sp³-hybridized carbons (Fsp3) is 0.261. The quantitative estimate of drug-likeness (QED) is 0.584. The van der Waals surface area contributed by atoms with Crippen molar-refractivity contribution in [2.45, 2.75) is 6.42 Å². The normalized spacial score (nSPS) is 16.2. The van der Waals surface area contributed by atoms with Gasteiger partial charge in [-0.1, -0.05) is 0 Å². The van der Waals surface area contributed by atoms with E-state index in [9.17, 15) is 4.79 Å². The first-order valence-electron chi connectivity index (χ1n) is 9.92. The Balaban J connectivity index is 1.62. The highest BCUT2D eigenvalue weighted by Crippen LogP contribution is 2.47. The van der Waals surface area contributed by atoms with Crippen molar-refractivity contribution in [2.75, 3.05) is 34.3 Å². The Hall–Kier alpha value is -3.81. The Labute approximate surface area is 177 Å². The largest absolute Gasteiger partial charge is 0.492 e. The van der Waals surface area contributed by atoms with Crippen LogP contribution in [-0.2, 0) is 6.42 Å². The van der Waals surface area contributed by atoms with E-state index in [1.807, 2.05) is 25.3 Å². The second-order valence-corrected chi connectivity index (χ2v) is 7.60. The van der Waals surface area contributed by atoms with Crippen molar-refractivity contribution >= 4 is 22.7 Å². The maximum Gasteiger partial charge on any atom is 0.336 e. The summed E-state index contributed by atoms with van der Waals surface area (Å²) in [6, 6.07) is 7.07. The van der Waals surface area contributed by atoms with Crippen LogP contribution < -0.4 is 29.3 Å². The Bertz CT molecular complexity index is 1320. The maximum atomic E-state index is 12.4. The van der Waals surface area contributed by atoms with Gasteiger partial charge in [0.25, 0.3) is 0 Å². The molecule has 8 heteroatoms. The van der Waals surface area contributed by atoms with Crippen LogP contribution in [0.15, 0.2) is 33.5 Å². The molecule has 6 rings (SSSR count). The molecule has 0 saturated carbocycles. The van der Waals surface area contributed by atoms with E-state index >= 15 is 0 Å². The molecule has 0 aliphatic carbocycles. The first-order chi connectivity index (χ1) is 15.1. The molecule has 0 N–H and O–H groups in total. The zero-order chi connectivity index (χ0) is 21.1. The Morgan fingerprint density at radius 2 is 1.74 bits per heavy atom. The van der Waals surface area contributed by atoms with Gasteiger partial charge in [-0.25, -0.2) is 4.79 Å². The van der Waals surface area contributed by atoms with E-state index in [0.717, 1.165) is 40.7 Å². The molecular weight excluding hydrogens is 402 g/mol. The third-order valence-corrected chi connectivity index (χ3v) is 5.87. The Kier molecular flexibility index (Phi) is 3.83. The first kappa shape index (κ1) is 18.0. The summed E-state index contributed by atoms with van der Waals surface area (Å²) < 4.78 is 33.4. The minimum absolute atomic E-state index is 0.144. The van der Waals surface area contributed by atoms with E-state index in [0.29, 0.717) is 34.3 Å². The van der Waals surface area contributed by atoms with Gasteiger partial charge in [0.1, 0.15) is 5.58 Å². The Morgan fingerprint density at radius 1 is 0.968 bits per heavy atom. The molecule has 0 fully saturated rings. The van der Waals surface area contributed by atoms with Crippen molar-refractivity contribution in [2.24, 2.45) is 0 Å². The van der Waals surface area contributed by atoms with Gasteiger partial charge < -0.3 is 33.0 Å². The van der Waals surface area contributed by atoms with Gasteiger partial charge in [0.05, 0.1) is 7.11 Å². The van der Waals surface area contributed by atoms with Crippen molar-refractivity contribution in [1.82, 2.24) is 4.90 Å². The van der Waals surface area contributed by atoms with Crippen LogP contribution in [0.3, 0.4) is 0 Å². The number of hydrogen-bond acceptors (Lipinski definition) is 8. The summed E-state index contributed by atoms with van der Waals surface area (Å²) in [4.78, 5) is 14.5. The van der Waals surface area contributed by atoms with Gasteiger partial charge in [0.2, 0.25) is 19.3 Å². The highest BCUT2D eigenvalue weighted by molar-refractivity contribution is 5.97. The second-order valence-electron chi connectivity index (χ2n) is 7.60. The van der Waals surface area contributed by atoms with Crippen LogP contribution in [0.25, 0.3) is 22.7 Å². The number of ether oxygens (including phenoxy) is 5. The van der Waals surface area contributed by atoms with Crippen LogP contribution in [0, 0.1) is 0 Å². The van der Waals surface area contributed by atoms with Gasteiger partial charge in [-0.15, -0.1) is 0 Å². The van der Waals surface area contributed by atoms with Gasteiger partial charge in [0, 0.05) is 47.9 Å². The standard InChI is InChI=1S/C23H19NO7/c1-24-4-3-12-5-20-23(30-11-29-20)22(26-2)13(12)6-16(24)14-8-21(25)31-17-9-19-18(7-15(14)17)27-10-28-19/h5-9H,3-4,10-11H2,1-2H3. The smallest absolute Gasteiger partial charge is 0.336 e. The van der Waals surface area contributed by atoms with Gasteiger partial charge in [0.15, 0.2) is 23.0 Å². The van der Waals surface area contributed by atoms with E-state index in [1.165, 1.54) is 6.07 Å². The summed E-state index contributed by atoms with van der Waals surface area (Å²) in [5.74, 6) is 3.11. The second kappa shape index (κ2) is 6.60. The molecule has 2 aromatic carbocycles. The molecular formula is C23H19NO7. The number of rotatable bonds is 2. The number of nitrogens with zero attached hydrogens (tertiary/aromatic N) is 1. The topological polar surface area (TPSA) is 79.6 Å². The molecule has 3 aromatic rings. The first-order valence-corrected chi connectivity index (χ1v) is 9.92. The van der Waals surface area contributed by atoms with Crippen LogP contribution in [0.5, 0.6) is 28.7 Å². The summed E-state index contributed by atoms with van der Waals surface area (Å²) >= 11 is 0. The molecule has 158 valence electrons. The number of fused-ring (bicyclic) bond motifs is 4. The van der Waals surface area contributed by atoms with Gasteiger partial charge in [-0.05, 0) is 30.2 Å². The molecule has 3 aliphatic rings. The van der Waals surface area contributed by atoms with E-state index in [-0.39, 0.29) is 13.6 Å². The molecule has 1 aromatic heterocycles. The molecule has 0 saturated heterocycles. The van der Waals surface area contributed by atoms with Crippen LogP contribution in [0.1, 0.15) is 16.7 Å². The summed E-state index contributed by atoms with van der Waals surface area (Å²) in [6.07, 6.45) is 2.81. The van der Waals surface area contributed by atoms with E-state index < -0.39 is 5.63 Å². The number of hydrogen-bond donors (Lipinski definition) is 0. The van der Waals surface area contributed by atoms with E-state index in [1.54, 1.807) is 13.2 Å². The van der Waals surface area contributed by atoms with Gasteiger partial charge >= 0.3 is 5.63 Å². The molecule has 0 amide bonds. The molecule has 0 radical (unpaired) electrons. The van der Waals surface area contributed by atoms with Crippen molar-refractivity contribution < 1.29 is 28.1 Å². The summed E-state index contributed by atoms with van der Waals surface area (Å²) in [5, 5.41) is 0.769. The zero-order valence-corrected chi connectivity index (χ0v) is 17.0. The lowest BCUT2D eigenvalue weighted by molar-refractivity contribution is 0.171. The Morgan fingerprint density at radius 3 is 2.58 bits per heavy atom. The van der Waals surface area contributed by atoms with Crippen molar-refractivity contribution in [3.8, 4) is 28.7 Å². The molecule has 31 heavy (non-hydrogen) atoms. The van der Waals surface area contributed by atoms with Crippen LogP contribution >= 0.6 is 0 Å². The molecule has 3 aliphatic heterocycles. The van der Waals surface area contributed by atoms with Gasteiger partial charge in [-0.2, -0.15) is 0 Å². The average Bonchev–Trinajstić information content (AvgIpc) is 3.38. The third-order valence-electron chi connectivity index (χ3n) is 5.87. The monoisotopic (exact) mass is 421 g/mol. The SMILES string of the molecule is COc1c2c(cc3c1OCO3)CCN(C)C(c1cc(=O)oc3cc4c(cc13)OCO4)=C2. The zero-order valence-electron chi connectivity index (χ0n) is 17.0. The maximum absolute atomic E-state index is 12.4. The lowest BCUT2D eigenvalue weighted by atomic mass is 10.00. The van der Waals surface area contributed by atoms with Crippen molar-refractivity contribution in [3.05, 3.63) is 51.4 Å². The predicted octanol–water partition coefficient (Wildman–Crippen LogP) is 3.25. The fourth-order valence-electron chi connectivity index (χ4n) is 4.35. The van der Waals surface area contributed by atoms with E-state index in [4.69, 9.17) is 28.1 Å². The highest BCUT2D eigenvalue weighted by atomic mass is 16.7. The molecule has 0 bridgehead atoms. The minimum Gasteiger partial charge on any atom is -0.492 e. The third kappa shape index (κ3) is 2.71. The molecule has 8 nitrogen and oxygen atoms in total. The lowest BCUT2D eigenvalue weighted by Crippen LogP contribution is -2.19. The van der Waals surface area contributed by atoms with Crippen LogP contribution in [-0.4, -0.2) is 39.2 Å². The van der Waals surface area contributed by atoms with Crippen molar-refractivity contribution in [3.63, 3.8) is 0 Å². The van der Waals surface area contributed by atoms with Crippen LogP contribution in [0.4, 0.5) is 0 Å². The molecule has 0 atom stereocenters. The van der Waals surface area contributed by atoms with Crippen LogP contribution in [0.2, 0.25) is 0 Å². The predicted molar refractivity (Wildman–Crippen MR) is 112 cm³/mol. The van der Waals surface area contributed by atoms with E-state index in [2.05, 4.69) is 4.90 Å². The number of benzene rings is 2. The minimum atomic E-state index is -0.433.